The highest BCUT2D eigenvalue weighted by Gasteiger charge is 2.67. The van der Waals surface area contributed by atoms with Crippen LogP contribution in [0.5, 0.6) is 0 Å². The van der Waals surface area contributed by atoms with E-state index in [4.69, 9.17) is 4.74 Å². The smallest absolute Gasteiger partial charge is 0.338 e. The molecule has 7 rings (SSSR count). The normalized spacial score (nSPS) is 23.8. The molecule has 0 saturated carbocycles. The lowest BCUT2D eigenvalue weighted by atomic mass is 9.55. The summed E-state index contributed by atoms with van der Waals surface area (Å²) in [6, 6.07) is 23.0. The van der Waals surface area contributed by atoms with E-state index in [9.17, 15) is 14.4 Å². The number of hydrogen-bond acceptors (Lipinski definition) is 4. The summed E-state index contributed by atoms with van der Waals surface area (Å²) >= 11 is 4.03. The van der Waals surface area contributed by atoms with Crippen LogP contribution >= 0.6 is 15.9 Å². The number of hydrogen-bond donors (Lipinski definition) is 0. The number of halogens is 1. The zero-order valence-corrected chi connectivity index (χ0v) is 25.1. The summed E-state index contributed by atoms with van der Waals surface area (Å²) in [5.74, 6) is -2.19. The van der Waals surface area contributed by atoms with Crippen molar-refractivity contribution in [2.75, 3.05) is 11.5 Å². The Balaban J connectivity index is 1.19. The number of carbonyl (C=O) groups is 3. The van der Waals surface area contributed by atoms with Gasteiger partial charge in [0.25, 0.3) is 0 Å². The van der Waals surface area contributed by atoms with Crippen LogP contribution in [0.3, 0.4) is 0 Å². The summed E-state index contributed by atoms with van der Waals surface area (Å²) in [6.45, 7) is 2.59. The van der Waals surface area contributed by atoms with Gasteiger partial charge in [0.2, 0.25) is 11.8 Å². The van der Waals surface area contributed by atoms with Crippen LogP contribution in [0.25, 0.3) is 0 Å². The summed E-state index contributed by atoms with van der Waals surface area (Å²) in [5, 5.41) is 0. The van der Waals surface area contributed by atoms with Crippen LogP contribution in [0.15, 0.2) is 72.8 Å². The highest BCUT2D eigenvalue weighted by atomic mass is 79.9. The molecule has 0 radical (unpaired) electrons. The fourth-order valence-corrected chi connectivity index (χ4v) is 8.39. The first-order valence-corrected chi connectivity index (χ1v) is 15.8. The van der Waals surface area contributed by atoms with Gasteiger partial charge in [0.1, 0.15) is 0 Å². The van der Waals surface area contributed by atoms with Gasteiger partial charge in [0.15, 0.2) is 0 Å². The monoisotopic (exact) mass is 613 g/mol. The second-order valence-electron chi connectivity index (χ2n) is 11.5. The zero-order valence-electron chi connectivity index (χ0n) is 23.5. The Morgan fingerprint density at radius 2 is 1.41 bits per heavy atom. The Hall–Kier alpha value is -3.25. The van der Waals surface area contributed by atoms with Gasteiger partial charge in [-0.2, -0.15) is 0 Å². The largest absolute Gasteiger partial charge is 0.462 e. The van der Waals surface area contributed by atoms with E-state index in [1.54, 1.807) is 24.3 Å². The van der Waals surface area contributed by atoms with Gasteiger partial charge in [-0.1, -0.05) is 122 Å². The fraction of sp³-hybridized carbons (Fsp3) is 0.400. The minimum Gasteiger partial charge on any atom is -0.462 e. The summed E-state index contributed by atoms with van der Waals surface area (Å²) in [5.41, 5.74) is 5.04. The summed E-state index contributed by atoms with van der Waals surface area (Å²) < 4.78 is 4.75. The van der Waals surface area contributed by atoms with E-state index in [1.165, 1.54) is 37.0 Å². The first kappa shape index (κ1) is 27.9. The molecule has 1 saturated heterocycles. The molecule has 41 heavy (non-hydrogen) atoms. The second-order valence-corrected chi connectivity index (χ2v) is 12.8. The average molecular weight is 615 g/mol. The molecule has 0 N–H and O–H groups in total. The first-order chi connectivity index (χ1) is 20.0. The Labute approximate surface area is 250 Å². The third-order valence-corrected chi connectivity index (χ3v) is 10.4. The van der Waals surface area contributed by atoms with Crippen molar-refractivity contribution in [1.29, 1.82) is 0 Å². The highest BCUT2D eigenvalue weighted by molar-refractivity contribution is 9.09. The molecule has 0 spiro atoms. The molecule has 6 heteroatoms. The number of unbranched alkanes of at least 4 members (excludes halogenated alkanes) is 7. The maximum Gasteiger partial charge on any atom is 0.338 e. The molecule has 5 nitrogen and oxygen atoms in total. The number of esters is 1. The van der Waals surface area contributed by atoms with E-state index in [0.717, 1.165) is 41.5 Å². The Morgan fingerprint density at radius 1 is 0.805 bits per heavy atom. The minimum atomic E-state index is -0.798. The number of anilines is 1. The van der Waals surface area contributed by atoms with Gasteiger partial charge in [-0.05, 0) is 46.9 Å². The molecule has 0 aromatic heterocycles. The van der Waals surface area contributed by atoms with Crippen molar-refractivity contribution >= 4 is 39.4 Å². The van der Waals surface area contributed by atoms with Crippen molar-refractivity contribution < 1.29 is 19.1 Å². The molecular weight excluding hydrogens is 578 g/mol. The molecule has 212 valence electrons. The van der Waals surface area contributed by atoms with Crippen LogP contribution in [-0.4, -0.2) is 24.4 Å². The fourth-order valence-electron chi connectivity index (χ4n) is 7.19. The predicted molar refractivity (Wildman–Crippen MR) is 163 cm³/mol. The van der Waals surface area contributed by atoms with Crippen molar-refractivity contribution in [2.45, 2.75) is 68.5 Å². The van der Waals surface area contributed by atoms with Crippen LogP contribution in [0.4, 0.5) is 5.69 Å². The standard InChI is InChI=1S/C35H36BrNO4/c1-2-3-4-5-6-7-8-13-21-41-34(40)23-15-14-16-24(22-23)37-32(38)30-29-25-17-9-11-19-27(25)35(36,31(30)33(37)39)28-20-12-10-18-26(28)29/h9-12,14-20,22,29-31H,2-8,13,21H2,1H3/t29?,30-,31-,35?/m0/s1. The predicted octanol–water partition coefficient (Wildman–Crippen LogP) is 7.89. The lowest BCUT2D eigenvalue weighted by Gasteiger charge is -2.51. The molecule has 2 amide bonds. The Bertz CT molecular complexity index is 1430. The third-order valence-electron chi connectivity index (χ3n) is 9.09. The summed E-state index contributed by atoms with van der Waals surface area (Å²) in [4.78, 5) is 42.4. The lowest BCUT2D eigenvalue weighted by Crippen LogP contribution is -2.50. The molecule has 1 heterocycles. The molecular formula is C35H36BrNO4. The van der Waals surface area contributed by atoms with E-state index in [0.29, 0.717) is 17.9 Å². The SMILES string of the molecule is CCCCCCCCCCOC(=O)c1cccc(N2C(=O)[C@@H]3[C@@H](C2=O)C2c4ccccc4C3(Br)c3ccccc32)c1. The highest BCUT2D eigenvalue weighted by Crippen LogP contribution is 2.66. The molecule has 3 aromatic carbocycles. The van der Waals surface area contributed by atoms with Crippen LogP contribution < -0.4 is 4.90 Å². The van der Waals surface area contributed by atoms with Gasteiger partial charge in [0, 0.05) is 5.92 Å². The van der Waals surface area contributed by atoms with Gasteiger partial charge in [-0.25, -0.2) is 9.69 Å². The van der Waals surface area contributed by atoms with Crippen LogP contribution in [0, 0.1) is 11.8 Å². The van der Waals surface area contributed by atoms with Crippen LogP contribution in [-0.2, 0) is 18.7 Å². The topological polar surface area (TPSA) is 63.7 Å². The van der Waals surface area contributed by atoms with Gasteiger partial charge < -0.3 is 4.74 Å². The molecule has 4 aliphatic rings. The van der Waals surface area contributed by atoms with E-state index in [2.05, 4.69) is 47.1 Å². The van der Waals surface area contributed by atoms with Crippen molar-refractivity contribution in [3.05, 3.63) is 101 Å². The molecule has 0 unspecified atom stereocenters. The first-order valence-electron chi connectivity index (χ1n) is 15.0. The second kappa shape index (κ2) is 11.6. The molecule has 1 aliphatic heterocycles. The molecule has 1 fully saturated rings. The van der Waals surface area contributed by atoms with E-state index < -0.39 is 22.1 Å². The van der Waals surface area contributed by atoms with Crippen molar-refractivity contribution in [2.24, 2.45) is 11.8 Å². The maximum absolute atomic E-state index is 14.2. The van der Waals surface area contributed by atoms with E-state index >= 15 is 0 Å². The number of carbonyl (C=O) groups excluding carboxylic acids is 3. The van der Waals surface area contributed by atoms with Crippen molar-refractivity contribution in [3.63, 3.8) is 0 Å². The minimum absolute atomic E-state index is 0.201. The molecule has 2 bridgehead atoms. The number of imide groups is 1. The maximum atomic E-state index is 14.2. The quantitative estimate of drug-likeness (QED) is 0.0954. The number of amides is 2. The molecule has 3 aliphatic carbocycles. The number of ether oxygens (including phenoxy) is 1. The van der Waals surface area contributed by atoms with Gasteiger partial charge in [-0.15, -0.1) is 0 Å². The van der Waals surface area contributed by atoms with Crippen molar-refractivity contribution in [3.8, 4) is 0 Å². The number of nitrogens with zero attached hydrogens (tertiary/aromatic N) is 1. The average Bonchev–Trinajstić information content (AvgIpc) is 3.27. The number of alkyl halides is 1. The molecule has 2 atom stereocenters. The lowest BCUT2D eigenvalue weighted by molar-refractivity contribution is -0.122. The number of rotatable bonds is 11. The molecule has 3 aromatic rings. The number of benzene rings is 3. The summed E-state index contributed by atoms with van der Waals surface area (Å²) in [6.07, 6.45) is 9.36. The third kappa shape index (κ3) is 4.64. The van der Waals surface area contributed by atoms with Crippen LogP contribution in [0.2, 0.25) is 0 Å². The van der Waals surface area contributed by atoms with Gasteiger partial charge in [-0.3, -0.25) is 9.59 Å². The van der Waals surface area contributed by atoms with E-state index in [1.807, 2.05) is 24.3 Å². The summed E-state index contributed by atoms with van der Waals surface area (Å²) in [7, 11) is 0. The van der Waals surface area contributed by atoms with Crippen molar-refractivity contribution in [1.82, 2.24) is 0 Å². The van der Waals surface area contributed by atoms with Crippen LogP contribution in [0.1, 0.15) is 96.8 Å². The Morgan fingerprint density at radius 3 is 2.07 bits per heavy atom. The van der Waals surface area contributed by atoms with Gasteiger partial charge in [0.05, 0.1) is 34.0 Å². The van der Waals surface area contributed by atoms with Gasteiger partial charge >= 0.3 is 5.97 Å². The zero-order chi connectivity index (χ0) is 28.6. The Kier molecular flexibility index (Phi) is 7.86. The van der Waals surface area contributed by atoms with E-state index in [-0.39, 0.29) is 17.7 Å².